The van der Waals surface area contributed by atoms with Crippen molar-refractivity contribution in [3.8, 4) is 0 Å². The topological polar surface area (TPSA) is 46.9 Å². The smallest absolute Gasteiger partial charge is 0.167 e. The molecule has 1 rings (SSSR count). The van der Waals surface area contributed by atoms with Crippen LogP contribution in [0.5, 0.6) is 0 Å². The minimum Gasteiger partial charge on any atom is -0.314 e. The molecule has 1 aromatic heterocycles. The molecule has 4 nitrogen and oxygen atoms in total. The quantitative estimate of drug-likeness (QED) is 0.713. The molecule has 0 aliphatic heterocycles. The SMILES string of the molecule is CCNC(C)CC(=O)c1cnn(C)c1. The second-order valence-electron chi connectivity index (χ2n) is 3.49. The zero-order chi connectivity index (χ0) is 10.6. The minimum atomic E-state index is 0.145. The van der Waals surface area contributed by atoms with Crippen molar-refractivity contribution in [2.75, 3.05) is 6.54 Å². The summed E-state index contributed by atoms with van der Waals surface area (Å²) in [4.78, 5) is 11.6. The maximum absolute atomic E-state index is 11.6. The van der Waals surface area contributed by atoms with E-state index in [1.54, 1.807) is 17.1 Å². The van der Waals surface area contributed by atoms with Crippen molar-refractivity contribution in [1.82, 2.24) is 15.1 Å². The second-order valence-corrected chi connectivity index (χ2v) is 3.49. The van der Waals surface area contributed by atoms with Crippen molar-refractivity contribution < 1.29 is 4.79 Å². The van der Waals surface area contributed by atoms with E-state index in [2.05, 4.69) is 10.4 Å². The average Bonchev–Trinajstić information content (AvgIpc) is 2.52. The standard InChI is InChI=1S/C10H17N3O/c1-4-11-8(2)5-10(14)9-6-12-13(3)7-9/h6-8,11H,4-5H2,1-3H3. The molecule has 0 bridgehead atoms. The van der Waals surface area contributed by atoms with Gasteiger partial charge in [0.15, 0.2) is 5.78 Å². The molecule has 4 heteroatoms. The molecule has 1 heterocycles. The number of rotatable bonds is 5. The number of Topliss-reactive ketones (excluding diaryl/α,β-unsaturated/α-hetero) is 1. The molecule has 0 spiro atoms. The summed E-state index contributed by atoms with van der Waals surface area (Å²) < 4.78 is 1.64. The van der Waals surface area contributed by atoms with E-state index in [-0.39, 0.29) is 11.8 Å². The molecule has 0 radical (unpaired) electrons. The van der Waals surface area contributed by atoms with Crippen molar-refractivity contribution in [1.29, 1.82) is 0 Å². The summed E-state index contributed by atoms with van der Waals surface area (Å²) in [6, 6.07) is 0.229. The molecule has 0 saturated heterocycles. The molecule has 78 valence electrons. The number of hydrogen-bond acceptors (Lipinski definition) is 3. The highest BCUT2D eigenvalue weighted by molar-refractivity contribution is 5.95. The molecular weight excluding hydrogens is 178 g/mol. The Bertz CT molecular complexity index is 306. The normalized spacial score (nSPS) is 12.8. The Balaban J connectivity index is 2.50. The van der Waals surface area contributed by atoms with Gasteiger partial charge < -0.3 is 5.32 Å². The lowest BCUT2D eigenvalue weighted by Crippen LogP contribution is -2.28. The number of aryl methyl sites for hydroxylation is 1. The van der Waals surface area contributed by atoms with Crippen LogP contribution in [0.2, 0.25) is 0 Å². The Kier molecular flexibility index (Phi) is 3.83. The third-order valence-corrected chi connectivity index (χ3v) is 2.07. The Morgan fingerprint density at radius 3 is 2.93 bits per heavy atom. The van der Waals surface area contributed by atoms with Crippen LogP contribution < -0.4 is 5.32 Å². The van der Waals surface area contributed by atoms with Crippen molar-refractivity contribution in [2.24, 2.45) is 7.05 Å². The highest BCUT2D eigenvalue weighted by atomic mass is 16.1. The first-order valence-corrected chi connectivity index (χ1v) is 4.88. The van der Waals surface area contributed by atoms with E-state index in [0.29, 0.717) is 12.0 Å². The van der Waals surface area contributed by atoms with E-state index in [0.717, 1.165) is 6.54 Å². The van der Waals surface area contributed by atoms with Gasteiger partial charge in [0.25, 0.3) is 0 Å². The third-order valence-electron chi connectivity index (χ3n) is 2.07. The molecule has 0 aliphatic carbocycles. The number of nitrogens with one attached hydrogen (secondary N) is 1. The van der Waals surface area contributed by atoms with Crippen molar-refractivity contribution in [3.63, 3.8) is 0 Å². The van der Waals surface area contributed by atoms with Crippen LogP contribution in [0.15, 0.2) is 12.4 Å². The maximum Gasteiger partial charge on any atom is 0.167 e. The fourth-order valence-electron chi connectivity index (χ4n) is 1.38. The summed E-state index contributed by atoms with van der Waals surface area (Å²) in [5.41, 5.74) is 0.692. The summed E-state index contributed by atoms with van der Waals surface area (Å²) in [6.07, 6.45) is 3.89. The van der Waals surface area contributed by atoms with Crippen molar-refractivity contribution in [3.05, 3.63) is 18.0 Å². The van der Waals surface area contributed by atoms with Crippen molar-refractivity contribution >= 4 is 5.78 Å². The fraction of sp³-hybridized carbons (Fsp3) is 0.600. The first-order chi connectivity index (χ1) is 6.63. The molecule has 0 aliphatic rings. The van der Waals surface area contributed by atoms with Gasteiger partial charge in [-0.25, -0.2) is 0 Å². The third kappa shape index (κ3) is 2.96. The van der Waals surface area contributed by atoms with Crippen LogP contribution in [0.1, 0.15) is 30.6 Å². The van der Waals surface area contributed by atoms with Crippen LogP contribution in [0.3, 0.4) is 0 Å². The number of carbonyl (C=O) groups excluding carboxylic acids is 1. The van der Waals surface area contributed by atoms with E-state index < -0.39 is 0 Å². The molecule has 0 fully saturated rings. The van der Waals surface area contributed by atoms with Gasteiger partial charge in [0.2, 0.25) is 0 Å². The molecule has 0 aromatic carbocycles. The monoisotopic (exact) mass is 195 g/mol. The summed E-state index contributed by atoms with van der Waals surface area (Å²) in [6.45, 7) is 4.93. The molecule has 0 amide bonds. The van der Waals surface area contributed by atoms with Gasteiger partial charge in [-0.2, -0.15) is 5.10 Å². The Morgan fingerprint density at radius 1 is 1.71 bits per heavy atom. The predicted molar refractivity (Wildman–Crippen MR) is 55.3 cm³/mol. The van der Waals surface area contributed by atoms with Crippen LogP contribution in [0.25, 0.3) is 0 Å². The van der Waals surface area contributed by atoms with Gasteiger partial charge in [0.05, 0.1) is 11.8 Å². The van der Waals surface area contributed by atoms with Crippen LogP contribution in [0, 0.1) is 0 Å². The van der Waals surface area contributed by atoms with E-state index in [1.807, 2.05) is 20.9 Å². The zero-order valence-electron chi connectivity index (χ0n) is 8.95. The highest BCUT2D eigenvalue weighted by Gasteiger charge is 2.11. The lowest BCUT2D eigenvalue weighted by Gasteiger charge is -2.09. The fourth-order valence-corrected chi connectivity index (χ4v) is 1.38. The lowest BCUT2D eigenvalue weighted by molar-refractivity contribution is 0.0972. The molecule has 1 atom stereocenters. The van der Waals surface area contributed by atoms with Crippen LogP contribution in [-0.4, -0.2) is 28.2 Å². The summed E-state index contributed by atoms with van der Waals surface area (Å²) in [5, 5.41) is 7.17. The second kappa shape index (κ2) is 4.91. The summed E-state index contributed by atoms with van der Waals surface area (Å²) >= 11 is 0. The van der Waals surface area contributed by atoms with Crippen LogP contribution in [0.4, 0.5) is 0 Å². The van der Waals surface area contributed by atoms with E-state index in [4.69, 9.17) is 0 Å². The van der Waals surface area contributed by atoms with Gasteiger partial charge in [-0.1, -0.05) is 6.92 Å². The Hall–Kier alpha value is -1.16. The lowest BCUT2D eigenvalue weighted by atomic mass is 10.1. The van der Waals surface area contributed by atoms with E-state index in [1.165, 1.54) is 0 Å². The number of carbonyl (C=O) groups is 1. The molecule has 1 unspecified atom stereocenters. The zero-order valence-corrected chi connectivity index (χ0v) is 8.95. The molecule has 1 aromatic rings. The predicted octanol–water partition coefficient (Wildman–Crippen LogP) is 0.991. The molecule has 1 N–H and O–H groups in total. The van der Waals surface area contributed by atoms with Gasteiger partial charge in [-0.15, -0.1) is 0 Å². The van der Waals surface area contributed by atoms with Crippen molar-refractivity contribution in [2.45, 2.75) is 26.3 Å². The van der Waals surface area contributed by atoms with Gasteiger partial charge in [0, 0.05) is 25.7 Å². The maximum atomic E-state index is 11.6. The summed E-state index contributed by atoms with van der Waals surface area (Å²) in [7, 11) is 1.81. The number of aromatic nitrogens is 2. The van der Waals surface area contributed by atoms with Gasteiger partial charge in [0.1, 0.15) is 0 Å². The number of ketones is 1. The summed E-state index contributed by atoms with van der Waals surface area (Å²) in [5.74, 6) is 0.145. The first-order valence-electron chi connectivity index (χ1n) is 4.88. The number of nitrogens with zero attached hydrogens (tertiary/aromatic N) is 2. The Morgan fingerprint density at radius 2 is 2.43 bits per heavy atom. The molecule has 0 saturated carbocycles. The minimum absolute atomic E-state index is 0.145. The van der Waals surface area contributed by atoms with Crippen LogP contribution in [-0.2, 0) is 7.05 Å². The van der Waals surface area contributed by atoms with E-state index in [9.17, 15) is 4.79 Å². The largest absolute Gasteiger partial charge is 0.314 e. The van der Waals surface area contributed by atoms with Gasteiger partial charge in [-0.3, -0.25) is 9.48 Å². The van der Waals surface area contributed by atoms with E-state index >= 15 is 0 Å². The number of hydrogen-bond donors (Lipinski definition) is 1. The first kappa shape index (κ1) is 10.9. The van der Waals surface area contributed by atoms with Gasteiger partial charge in [-0.05, 0) is 13.5 Å². The Labute approximate surface area is 84.3 Å². The van der Waals surface area contributed by atoms with Gasteiger partial charge >= 0.3 is 0 Å². The molecule has 14 heavy (non-hydrogen) atoms. The van der Waals surface area contributed by atoms with Crippen LogP contribution >= 0.6 is 0 Å². The molecular formula is C10H17N3O. The highest BCUT2D eigenvalue weighted by Crippen LogP contribution is 2.03. The average molecular weight is 195 g/mol.